The lowest BCUT2D eigenvalue weighted by Gasteiger charge is -2.15. The molecule has 2 heterocycles. The molecule has 0 saturated carbocycles. The van der Waals surface area contributed by atoms with E-state index in [1.165, 1.54) is 0 Å². The van der Waals surface area contributed by atoms with Gasteiger partial charge in [0.15, 0.2) is 0 Å². The zero-order valence-corrected chi connectivity index (χ0v) is 15.9. The number of fused-ring (bicyclic) bond motifs is 1. The first-order chi connectivity index (χ1) is 13.6. The van der Waals surface area contributed by atoms with Gasteiger partial charge in [0.2, 0.25) is 0 Å². The zero-order chi connectivity index (χ0) is 19.7. The van der Waals surface area contributed by atoms with Crippen LogP contribution in [0.15, 0.2) is 53.6 Å². The largest absolute Gasteiger partial charge is 0.497 e. The summed E-state index contributed by atoms with van der Waals surface area (Å²) < 4.78 is 12.6. The number of H-pyrrole nitrogens is 1. The van der Waals surface area contributed by atoms with E-state index >= 15 is 0 Å². The number of rotatable bonds is 5. The number of nitrogens with one attached hydrogen (secondary N) is 1. The fraction of sp³-hybridized carbons (Fsp3) is 0.190. The highest BCUT2D eigenvalue weighted by Crippen LogP contribution is 2.34. The minimum absolute atomic E-state index is 0.146. The van der Waals surface area contributed by atoms with Crippen LogP contribution in [0.2, 0.25) is 0 Å². The number of aryl methyl sites for hydroxylation is 1. The van der Waals surface area contributed by atoms with Gasteiger partial charge >= 0.3 is 0 Å². The molecule has 2 aromatic carbocycles. The van der Waals surface area contributed by atoms with Crippen molar-refractivity contribution < 1.29 is 9.47 Å². The summed E-state index contributed by atoms with van der Waals surface area (Å²) in [7, 11) is 3.18. The van der Waals surface area contributed by atoms with Crippen molar-refractivity contribution in [3.63, 3.8) is 0 Å². The van der Waals surface area contributed by atoms with Crippen LogP contribution < -0.4 is 15.0 Å². The second-order valence-corrected chi connectivity index (χ2v) is 6.43. The molecule has 0 aliphatic rings. The number of hydrogen-bond donors (Lipinski definition) is 1. The number of nitrogens with zero attached hydrogens (tertiary/aromatic N) is 3. The standard InChI is InChI=1S/C21H20N4O3/c1-13-24-18-8-7-17(15-10-22-23-11-15)20(28-3)19(18)21(26)25(13)12-14-5-4-6-16(9-14)27-2/h4-11H,12H2,1-3H3,(H,22,23). The van der Waals surface area contributed by atoms with Gasteiger partial charge in [-0.3, -0.25) is 14.5 Å². The van der Waals surface area contributed by atoms with Gasteiger partial charge in [0, 0.05) is 17.3 Å². The Morgan fingerprint density at radius 2 is 2.00 bits per heavy atom. The van der Waals surface area contributed by atoms with Gasteiger partial charge in [0.05, 0.1) is 32.5 Å². The quantitative estimate of drug-likeness (QED) is 0.579. The van der Waals surface area contributed by atoms with Crippen LogP contribution in [0.25, 0.3) is 22.0 Å². The number of hydrogen-bond acceptors (Lipinski definition) is 5. The first kappa shape index (κ1) is 17.8. The van der Waals surface area contributed by atoms with E-state index in [2.05, 4.69) is 15.2 Å². The summed E-state index contributed by atoms with van der Waals surface area (Å²) in [6.07, 6.45) is 3.46. The molecule has 4 aromatic rings. The predicted octanol–water partition coefficient (Wildman–Crippen LogP) is 3.16. The van der Waals surface area contributed by atoms with Gasteiger partial charge in [-0.05, 0) is 36.8 Å². The number of benzene rings is 2. The van der Waals surface area contributed by atoms with E-state index in [-0.39, 0.29) is 5.56 Å². The molecule has 0 aliphatic carbocycles. The summed E-state index contributed by atoms with van der Waals surface area (Å²) in [5.74, 6) is 1.88. The van der Waals surface area contributed by atoms with Crippen LogP contribution in [0.3, 0.4) is 0 Å². The first-order valence-corrected chi connectivity index (χ1v) is 8.82. The van der Waals surface area contributed by atoms with Crippen molar-refractivity contribution in [2.75, 3.05) is 14.2 Å². The molecule has 0 fully saturated rings. The van der Waals surface area contributed by atoms with Gasteiger partial charge in [0.25, 0.3) is 5.56 Å². The van der Waals surface area contributed by atoms with Crippen LogP contribution in [0.5, 0.6) is 11.5 Å². The Balaban J connectivity index is 1.91. The van der Waals surface area contributed by atoms with Gasteiger partial charge < -0.3 is 9.47 Å². The van der Waals surface area contributed by atoms with E-state index < -0.39 is 0 Å². The molecule has 28 heavy (non-hydrogen) atoms. The second kappa shape index (κ2) is 7.19. The molecular weight excluding hydrogens is 356 g/mol. The Morgan fingerprint density at radius 1 is 1.14 bits per heavy atom. The maximum atomic E-state index is 13.4. The third-order valence-electron chi connectivity index (χ3n) is 4.76. The average Bonchev–Trinajstić information content (AvgIpc) is 3.25. The lowest BCUT2D eigenvalue weighted by molar-refractivity contribution is 0.414. The Bertz CT molecular complexity index is 1200. The smallest absolute Gasteiger partial charge is 0.265 e. The molecule has 142 valence electrons. The lowest BCUT2D eigenvalue weighted by atomic mass is 10.0. The van der Waals surface area contributed by atoms with E-state index in [9.17, 15) is 4.79 Å². The molecule has 0 unspecified atom stereocenters. The maximum absolute atomic E-state index is 13.4. The Hall–Kier alpha value is -3.61. The minimum atomic E-state index is -0.146. The Morgan fingerprint density at radius 3 is 2.71 bits per heavy atom. The van der Waals surface area contributed by atoms with E-state index in [4.69, 9.17) is 9.47 Å². The van der Waals surface area contributed by atoms with Crippen LogP contribution in [-0.2, 0) is 6.54 Å². The molecule has 0 amide bonds. The van der Waals surface area contributed by atoms with Crippen LogP contribution in [0.1, 0.15) is 11.4 Å². The molecule has 4 rings (SSSR count). The SMILES string of the molecule is COc1cccc(Cn2c(C)nc3ccc(-c4cn[nH]c4)c(OC)c3c2=O)c1. The molecule has 1 N–H and O–H groups in total. The van der Waals surface area contributed by atoms with Crippen LogP contribution in [0.4, 0.5) is 0 Å². The Labute approximate surface area is 161 Å². The molecule has 0 aliphatic heterocycles. The van der Waals surface area contributed by atoms with Gasteiger partial charge in [-0.15, -0.1) is 0 Å². The van der Waals surface area contributed by atoms with Crippen molar-refractivity contribution in [3.05, 3.63) is 70.5 Å². The average molecular weight is 376 g/mol. The molecule has 0 radical (unpaired) electrons. The molecular formula is C21H20N4O3. The first-order valence-electron chi connectivity index (χ1n) is 8.82. The van der Waals surface area contributed by atoms with Crippen molar-refractivity contribution in [1.29, 1.82) is 0 Å². The zero-order valence-electron chi connectivity index (χ0n) is 15.9. The summed E-state index contributed by atoms with van der Waals surface area (Å²) in [5.41, 5.74) is 3.05. The lowest BCUT2D eigenvalue weighted by Crippen LogP contribution is -2.25. The van der Waals surface area contributed by atoms with E-state index in [0.29, 0.717) is 29.0 Å². The van der Waals surface area contributed by atoms with Gasteiger partial charge in [-0.2, -0.15) is 5.10 Å². The molecule has 0 bridgehead atoms. The number of ether oxygens (including phenoxy) is 2. The van der Waals surface area contributed by atoms with E-state index in [1.54, 1.807) is 31.2 Å². The fourth-order valence-corrected chi connectivity index (χ4v) is 3.37. The van der Waals surface area contributed by atoms with Crippen molar-refractivity contribution in [2.24, 2.45) is 0 Å². The Kier molecular flexibility index (Phi) is 4.57. The number of aromatic amines is 1. The van der Waals surface area contributed by atoms with Crippen LogP contribution >= 0.6 is 0 Å². The monoisotopic (exact) mass is 376 g/mol. The second-order valence-electron chi connectivity index (χ2n) is 6.43. The summed E-state index contributed by atoms with van der Waals surface area (Å²) >= 11 is 0. The number of methoxy groups -OCH3 is 2. The molecule has 0 saturated heterocycles. The number of aromatic nitrogens is 4. The van der Waals surface area contributed by atoms with E-state index in [0.717, 1.165) is 22.4 Å². The highest BCUT2D eigenvalue weighted by atomic mass is 16.5. The fourth-order valence-electron chi connectivity index (χ4n) is 3.37. The minimum Gasteiger partial charge on any atom is -0.497 e. The highest BCUT2D eigenvalue weighted by molar-refractivity contribution is 5.92. The molecule has 2 aromatic heterocycles. The molecule has 7 nitrogen and oxygen atoms in total. The third-order valence-corrected chi connectivity index (χ3v) is 4.76. The van der Waals surface area contributed by atoms with Crippen molar-refractivity contribution >= 4 is 10.9 Å². The summed E-state index contributed by atoms with van der Waals surface area (Å²) in [5, 5.41) is 7.23. The van der Waals surface area contributed by atoms with Crippen molar-refractivity contribution in [1.82, 2.24) is 19.7 Å². The van der Waals surface area contributed by atoms with E-state index in [1.807, 2.05) is 43.3 Å². The molecule has 7 heteroatoms. The molecule has 0 spiro atoms. The predicted molar refractivity (Wildman–Crippen MR) is 107 cm³/mol. The van der Waals surface area contributed by atoms with Crippen molar-refractivity contribution in [2.45, 2.75) is 13.5 Å². The highest BCUT2D eigenvalue weighted by Gasteiger charge is 2.18. The van der Waals surface area contributed by atoms with Crippen LogP contribution in [0, 0.1) is 6.92 Å². The summed E-state index contributed by atoms with van der Waals surface area (Å²) in [4.78, 5) is 18.0. The van der Waals surface area contributed by atoms with Crippen molar-refractivity contribution in [3.8, 4) is 22.6 Å². The van der Waals surface area contributed by atoms with Gasteiger partial charge in [0.1, 0.15) is 22.7 Å². The third kappa shape index (κ3) is 3.00. The topological polar surface area (TPSA) is 82.0 Å². The molecule has 0 atom stereocenters. The normalized spacial score (nSPS) is 11.0. The summed E-state index contributed by atoms with van der Waals surface area (Å²) in [6, 6.07) is 11.4. The van der Waals surface area contributed by atoms with Gasteiger partial charge in [-0.25, -0.2) is 4.98 Å². The van der Waals surface area contributed by atoms with Crippen LogP contribution in [-0.4, -0.2) is 34.0 Å². The summed E-state index contributed by atoms with van der Waals surface area (Å²) in [6.45, 7) is 2.22. The van der Waals surface area contributed by atoms with Gasteiger partial charge in [-0.1, -0.05) is 12.1 Å². The maximum Gasteiger partial charge on any atom is 0.265 e.